The molecule has 1 heterocycles. The van der Waals surface area contributed by atoms with Crippen LogP contribution in [0.4, 0.5) is 0 Å². The molecule has 1 aliphatic heterocycles. The number of unbranched alkanes of at least 4 members (excludes halogenated alkanes) is 1. The lowest BCUT2D eigenvalue weighted by Gasteiger charge is -2.08. The third kappa shape index (κ3) is 11.8. The van der Waals surface area contributed by atoms with Crippen molar-refractivity contribution in [3.05, 3.63) is 25.3 Å². The van der Waals surface area contributed by atoms with Crippen LogP contribution < -0.4 is 5.32 Å². The van der Waals surface area contributed by atoms with Gasteiger partial charge in [0.25, 0.3) is 0 Å². The van der Waals surface area contributed by atoms with Gasteiger partial charge >= 0.3 is 11.9 Å². The molecule has 120 valence electrons. The van der Waals surface area contributed by atoms with Crippen LogP contribution in [0, 0.1) is 0 Å². The Hall–Kier alpha value is -1.66. The van der Waals surface area contributed by atoms with Crippen LogP contribution in [0.25, 0.3) is 0 Å². The maximum absolute atomic E-state index is 10.6. The second-order valence-corrected chi connectivity index (χ2v) is 4.20. The SMILES string of the molecule is C=CC(=O)OCCC1NCCO1.C=CC(=O)OCCCC. The highest BCUT2D eigenvalue weighted by Crippen LogP contribution is 2.00. The highest BCUT2D eigenvalue weighted by Gasteiger charge is 2.13. The van der Waals surface area contributed by atoms with Crippen molar-refractivity contribution in [2.75, 3.05) is 26.4 Å². The van der Waals surface area contributed by atoms with Gasteiger partial charge in [0.2, 0.25) is 0 Å². The molecule has 1 rings (SSSR count). The lowest BCUT2D eigenvalue weighted by molar-refractivity contribution is -0.139. The molecule has 1 unspecified atom stereocenters. The van der Waals surface area contributed by atoms with Gasteiger partial charge in [-0.05, 0) is 6.42 Å². The van der Waals surface area contributed by atoms with Gasteiger partial charge in [0.05, 0.1) is 19.8 Å². The quantitative estimate of drug-likeness (QED) is 0.416. The van der Waals surface area contributed by atoms with E-state index in [1.807, 2.05) is 6.92 Å². The fourth-order valence-corrected chi connectivity index (χ4v) is 1.37. The Morgan fingerprint density at radius 2 is 1.86 bits per heavy atom. The number of hydrogen-bond donors (Lipinski definition) is 1. The Bertz CT molecular complexity index is 324. The minimum Gasteiger partial charge on any atom is -0.463 e. The molecule has 6 nitrogen and oxygen atoms in total. The monoisotopic (exact) mass is 299 g/mol. The van der Waals surface area contributed by atoms with E-state index in [2.05, 4.69) is 23.2 Å². The molecule has 1 fully saturated rings. The molecule has 0 spiro atoms. The average molecular weight is 299 g/mol. The van der Waals surface area contributed by atoms with Crippen molar-refractivity contribution < 1.29 is 23.8 Å². The predicted octanol–water partition coefficient (Wildman–Crippen LogP) is 1.57. The molecule has 1 aliphatic rings. The summed E-state index contributed by atoms with van der Waals surface area (Å²) in [7, 11) is 0. The van der Waals surface area contributed by atoms with Crippen molar-refractivity contribution in [3.63, 3.8) is 0 Å². The molecule has 1 N–H and O–H groups in total. The zero-order valence-corrected chi connectivity index (χ0v) is 12.6. The van der Waals surface area contributed by atoms with Crippen LogP contribution in [0.2, 0.25) is 0 Å². The molecule has 0 aliphatic carbocycles. The molecular weight excluding hydrogens is 274 g/mol. The van der Waals surface area contributed by atoms with E-state index in [9.17, 15) is 9.59 Å². The molecule has 0 aromatic carbocycles. The molecular formula is C15H25NO5. The zero-order valence-electron chi connectivity index (χ0n) is 12.6. The largest absolute Gasteiger partial charge is 0.463 e. The van der Waals surface area contributed by atoms with Crippen molar-refractivity contribution in [2.24, 2.45) is 0 Å². The van der Waals surface area contributed by atoms with E-state index in [1.54, 1.807) is 0 Å². The topological polar surface area (TPSA) is 73.9 Å². The molecule has 21 heavy (non-hydrogen) atoms. The van der Waals surface area contributed by atoms with Gasteiger partial charge in [-0.3, -0.25) is 5.32 Å². The zero-order chi connectivity index (χ0) is 15.9. The third-order valence-electron chi connectivity index (χ3n) is 2.49. The fourth-order valence-electron chi connectivity index (χ4n) is 1.37. The van der Waals surface area contributed by atoms with Crippen LogP contribution in [0.3, 0.4) is 0 Å². The van der Waals surface area contributed by atoms with E-state index >= 15 is 0 Å². The van der Waals surface area contributed by atoms with Crippen LogP contribution in [-0.4, -0.2) is 44.5 Å². The molecule has 1 atom stereocenters. The summed E-state index contributed by atoms with van der Waals surface area (Å²) in [5, 5.41) is 3.11. The number of carbonyl (C=O) groups is 2. The minimum absolute atomic E-state index is 0.0441. The Labute approximate surface area is 126 Å². The van der Waals surface area contributed by atoms with Gasteiger partial charge in [0.15, 0.2) is 0 Å². The van der Waals surface area contributed by atoms with E-state index in [0.717, 1.165) is 32.1 Å². The Kier molecular flexibility index (Phi) is 12.3. The second-order valence-electron chi connectivity index (χ2n) is 4.20. The molecule has 0 bridgehead atoms. The summed E-state index contributed by atoms with van der Waals surface area (Å²) in [6.07, 6.45) is 5.05. The molecule has 6 heteroatoms. The number of carbonyl (C=O) groups excluding carboxylic acids is 2. The summed E-state index contributed by atoms with van der Waals surface area (Å²) in [5.74, 6) is -0.712. The maximum atomic E-state index is 10.6. The number of ether oxygens (including phenoxy) is 3. The van der Waals surface area contributed by atoms with E-state index in [1.165, 1.54) is 6.08 Å². The first-order valence-electron chi connectivity index (χ1n) is 7.07. The summed E-state index contributed by atoms with van der Waals surface area (Å²) in [4.78, 5) is 20.9. The van der Waals surface area contributed by atoms with E-state index in [-0.39, 0.29) is 18.2 Å². The van der Waals surface area contributed by atoms with E-state index in [0.29, 0.717) is 19.6 Å². The van der Waals surface area contributed by atoms with Gasteiger partial charge in [-0.2, -0.15) is 0 Å². The standard InChI is InChI=1S/C8H13NO3.C7H12O2/c1-2-8(10)12-5-3-7-9-4-6-11-7;1-3-5-6-9-7(8)4-2/h2,7,9H,1,3-6H2;4H,2-3,5-6H2,1H3. The van der Waals surface area contributed by atoms with Gasteiger partial charge in [-0.1, -0.05) is 26.5 Å². The summed E-state index contributed by atoms with van der Waals surface area (Å²) in [6.45, 7) is 11.1. The van der Waals surface area contributed by atoms with Crippen LogP contribution in [0.15, 0.2) is 25.3 Å². The van der Waals surface area contributed by atoms with Gasteiger partial charge in [0, 0.05) is 25.1 Å². The van der Waals surface area contributed by atoms with Crippen LogP contribution in [0.1, 0.15) is 26.2 Å². The lowest BCUT2D eigenvalue weighted by atomic mass is 10.4. The van der Waals surface area contributed by atoms with Gasteiger partial charge < -0.3 is 14.2 Å². The van der Waals surface area contributed by atoms with Gasteiger partial charge in [-0.25, -0.2) is 9.59 Å². The highest BCUT2D eigenvalue weighted by molar-refractivity contribution is 5.81. The van der Waals surface area contributed by atoms with Crippen molar-refractivity contribution >= 4 is 11.9 Å². The van der Waals surface area contributed by atoms with Crippen molar-refractivity contribution in [1.29, 1.82) is 0 Å². The van der Waals surface area contributed by atoms with Crippen LogP contribution in [-0.2, 0) is 23.8 Å². The van der Waals surface area contributed by atoms with E-state index in [4.69, 9.17) is 9.47 Å². The maximum Gasteiger partial charge on any atom is 0.330 e. The normalized spacial score (nSPS) is 16.3. The predicted molar refractivity (Wildman–Crippen MR) is 79.6 cm³/mol. The summed E-state index contributed by atoms with van der Waals surface area (Å²) >= 11 is 0. The number of esters is 2. The second kappa shape index (κ2) is 13.3. The Morgan fingerprint density at radius 3 is 2.33 bits per heavy atom. The smallest absolute Gasteiger partial charge is 0.330 e. The van der Waals surface area contributed by atoms with Crippen molar-refractivity contribution in [3.8, 4) is 0 Å². The number of hydrogen-bond acceptors (Lipinski definition) is 6. The fraction of sp³-hybridized carbons (Fsp3) is 0.600. The number of rotatable bonds is 8. The van der Waals surface area contributed by atoms with E-state index < -0.39 is 0 Å². The molecule has 1 saturated heterocycles. The molecule has 0 aromatic heterocycles. The number of nitrogens with one attached hydrogen (secondary N) is 1. The molecule has 0 saturated carbocycles. The summed E-state index contributed by atoms with van der Waals surface area (Å²) in [5.41, 5.74) is 0. The first kappa shape index (κ1) is 19.3. The summed E-state index contributed by atoms with van der Waals surface area (Å²) < 4.78 is 14.7. The Morgan fingerprint density at radius 1 is 1.24 bits per heavy atom. The van der Waals surface area contributed by atoms with Crippen LogP contribution >= 0.6 is 0 Å². The van der Waals surface area contributed by atoms with Crippen molar-refractivity contribution in [2.45, 2.75) is 32.4 Å². The molecule has 0 aromatic rings. The lowest BCUT2D eigenvalue weighted by Crippen LogP contribution is -2.24. The van der Waals surface area contributed by atoms with Crippen LogP contribution in [0.5, 0.6) is 0 Å². The van der Waals surface area contributed by atoms with Gasteiger partial charge in [-0.15, -0.1) is 0 Å². The minimum atomic E-state index is -0.381. The molecule has 0 amide bonds. The first-order valence-corrected chi connectivity index (χ1v) is 7.07. The average Bonchev–Trinajstić information content (AvgIpc) is 3.01. The summed E-state index contributed by atoms with van der Waals surface area (Å²) in [6, 6.07) is 0. The third-order valence-corrected chi connectivity index (χ3v) is 2.49. The molecule has 0 radical (unpaired) electrons. The highest BCUT2D eigenvalue weighted by atomic mass is 16.5. The van der Waals surface area contributed by atoms with Crippen molar-refractivity contribution in [1.82, 2.24) is 5.32 Å². The Balaban J connectivity index is 0.000000400. The first-order chi connectivity index (χ1) is 10.1. The van der Waals surface area contributed by atoms with Gasteiger partial charge in [0.1, 0.15) is 6.23 Å².